The Morgan fingerprint density at radius 3 is 2.83 bits per heavy atom. The first-order chi connectivity index (χ1) is 8.70. The van der Waals surface area contributed by atoms with Gasteiger partial charge in [0.25, 0.3) is 0 Å². The highest BCUT2D eigenvalue weighted by Gasteiger charge is 2.11. The van der Waals surface area contributed by atoms with E-state index < -0.39 is 5.97 Å². The van der Waals surface area contributed by atoms with Gasteiger partial charge >= 0.3 is 5.97 Å². The topological polar surface area (TPSA) is 59.2 Å². The Morgan fingerprint density at radius 1 is 1.28 bits per heavy atom. The molecule has 0 radical (unpaired) electrons. The molecule has 0 saturated heterocycles. The lowest BCUT2D eigenvalue weighted by Crippen LogP contribution is -2.09. The number of ether oxygens (including phenoxy) is 1. The molecular weight excluding hydrogens is 230 g/mol. The van der Waals surface area contributed by atoms with Gasteiger partial charge < -0.3 is 9.72 Å². The summed E-state index contributed by atoms with van der Waals surface area (Å²) in [4.78, 5) is 25.6. The number of Topliss-reactive ketones (excluding diaryl/α,β-unsaturated/α-hetero) is 1. The van der Waals surface area contributed by atoms with E-state index >= 15 is 0 Å². The van der Waals surface area contributed by atoms with E-state index in [9.17, 15) is 9.59 Å². The number of rotatable bonds is 5. The summed E-state index contributed by atoms with van der Waals surface area (Å²) in [5.41, 5.74) is 2.16. The Hall–Kier alpha value is -2.10. The van der Waals surface area contributed by atoms with Gasteiger partial charge in [0.15, 0.2) is 0 Å². The van der Waals surface area contributed by atoms with Crippen molar-refractivity contribution in [3.05, 3.63) is 36.0 Å². The van der Waals surface area contributed by atoms with Gasteiger partial charge in [-0.25, -0.2) is 0 Å². The molecule has 2 rings (SSSR count). The van der Waals surface area contributed by atoms with Crippen molar-refractivity contribution in [1.29, 1.82) is 0 Å². The Balaban J connectivity index is 1.98. The quantitative estimate of drug-likeness (QED) is 0.649. The lowest BCUT2D eigenvalue weighted by atomic mass is 10.1. The fourth-order valence-corrected chi connectivity index (χ4v) is 1.93. The Bertz CT molecular complexity index is 571. The number of benzene rings is 1. The van der Waals surface area contributed by atoms with Crippen LogP contribution in [0.1, 0.15) is 18.4 Å². The first-order valence-electron chi connectivity index (χ1n) is 5.84. The standard InChI is InChI=1S/C14H15NO3/c1-18-14(17)8-11(16)7-6-10-9-15-13-5-3-2-4-12(10)13/h2-5,9,15H,6-8H2,1H3. The normalized spacial score (nSPS) is 10.5. The summed E-state index contributed by atoms with van der Waals surface area (Å²) in [5, 5.41) is 1.13. The predicted octanol–water partition coefficient (Wildman–Crippen LogP) is 2.23. The molecule has 1 heterocycles. The first-order valence-corrected chi connectivity index (χ1v) is 5.84. The minimum atomic E-state index is -0.473. The average molecular weight is 245 g/mol. The molecule has 4 nitrogen and oxygen atoms in total. The molecular formula is C14H15NO3. The second-order valence-electron chi connectivity index (χ2n) is 4.15. The number of hydrogen-bond donors (Lipinski definition) is 1. The fourth-order valence-electron chi connectivity index (χ4n) is 1.93. The van der Waals surface area contributed by atoms with Crippen LogP contribution < -0.4 is 0 Å². The van der Waals surface area contributed by atoms with E-state index in [0.717, 1.165) is 16.5 Å². The van der Waals surface area contributed by atoms with Crippen molar-refractivity contribution in [2.24, 2.45) is 0 Å². The number of fused-ring (bicyclic) bond motifs is 1. The van der Waals surface area contributed by atoms with Crippen molar-refractivity contribution in [2.45, 2.75) is 19.3 Å². The highest BCUT2D eigenvalue weighted by atomic mass is 16.5. The maximum Gasteiger partial charge on any atom is 0.313 e. The summed E-state index contributed by atoms with van der Waals surface area (Å²) in [5.74, 6) is -0.564. The lowest BCUT2D eigenvalue weighted by Gasteiger charge is -2.00. The van der Waals surface area contributed by atoms with Gasteiger partial charge in [0.05, 0.1) is 7.11 Å². The molecule has 2 aromatic rings. The zero-order valence-electron chi connectivity index (χ0n) is 10.2. The number of aromatic amines is 1. The summed E-state index contributed by atoms with van der Waals surface area (Å²) >= 11 is 0. The number of ketones is 1. The minimum Gasteiger partial charge on any atom is -0.469 e. The second kappa shape index (κ2) is 5.49. The van der Waals surface area contributed by atoms with E-state index in [-0.39, 0.29) is 12.2 Å². The van der Waals surface area contributed by atoms with E-state index in [1.807, 2.05) is 30.5 Å². The molecule has 0 spiro atoms. The number of nitrogens with one attached hydrogen (secondary N) is 1. The van der Waals surface area contributed by atoms with E-state index in [1.54, 1.807) is 0 Å². The molecule has 0 bridgehead atoms. The number of H-pyrrole nitrogens is 1. The fraction of sp³-hybridized carbons (Fsp3) is 0.286. The Kier molecular flexibility index (Phi) is 3.77. The van der Waals surface area contributed by atoms with Crippen LogP contribution in [0.15, 0.2) is 30.5 Å². The molecule has 0 saturated carbocycles. The van der Waals surface area contributed by atoms with E-state index in [0.29, 0.717) is 12.8 Å². The lowest BCUT2D eigenvalue weighted by molar-refractivity contribution is -0.143. The maximum atomic E-state index is 11.5. The van der Waals surface area contributed by atoms with Gasteiger partial charge in [-0.1, -0.05) is 18.2 Å². The van der Waals surface area contributed by atoms with Crippen LogP contribution in [0.3, 0.4) is 0 Å². The smallest absolute Gasteiger partial charge is 0.313 e. The highest BCUT2D eigenvalue weighted by Crippen LogP contribution is 2.19. The van der Waals surface area contributed by atoms with Crippen molar-refractivity contribution < 1.29 is 14.3 Å². The average Bonchev–Trinajstić information content (AvgIpc) is 2.79. The summed E-state index contributed by atoms with van der Waals surface area (Å²) < 4.78 is 4.46. The van der Waals surface area contributed by atoms with Crippen LogP contribution in [0.4, 0.5) is 0 Å². The van der Waals surface area contributed by atoms with Crippen molar-refractivity contribution >= 4 is 22.7 Å². The van der Waals surface area contributed by atoms with Gasteiger partial charge in [-0.05, 0) is 18.1 Å². The first kappa shape index (κ1) is 12.4. The molecule has 0 amide bonds. The number of esters is 1. The number of methoxy groups -OCH3 is 1. The molecule has 18 heavy (non-hydrogen) atoms. The van der Waals surface area contributed by atoms with Gasteiger partial charge in [0.2, 0.25) is 0 Å². The molecule has 94 valence electrons. The van der Waals surface area contributed by atoms with Crippen molar-refractivity contribution in [2.75, 3.05) is 7.11 Å². The zero-order valence-corrected chi connectivity index (χ0v) is 10.2. The number of carbonyl (C=O) groups excluding carboxylic acids is 2. The highest BCUT2D eigenvalue weighted by molar-refractivity contribution is 5.95. The SMILES string of the molecule is COC(=O)CC(=O)CCc1c[nH]c2ccccc12. The van der Waals surface area contributed by atoms with Crippen LogP contribution in [-0.4, -0.2) is 23.8 Å². The zero-order chi connectivity index (χ0) is 13.0. The van der Waals surface area contributed by atoms with Crippen molar-refractivity contribution in [3.63, 3.8) is 0 Å². The number of para-hydroxylation sites is 1. The maximum absolute atomic E-state index is 11.5. The van der Waals surface area contributed by atoms with Gasteiger partial charge in [-0.15, -0.1) is 0 Å². The Labute approximate surface area is 105 Å². The largest absolute Gasteiger partial charge is 0.469 e. The van der Waals surface area contributed by atoms with Crippen molar-refractivity contribution in [1.82, 2.24) is 4.98 Å². The molecule has 0 unspecified atom stereocenters. The minimum absolute atomic E-state index is 0.0906. The van der Waals surface area contributed by atoms with Gasteiger partial charge in [0, 0.05) is 23.5 Å². The molecule has 0 aliphatic carbocycles. The molecule has 0 aliphatic rings. The molecule has 1 aromatic heterocycles. The van der Waals surface area contributed by atoms with Crippen LogP contribution in [0.5, 0.6) is 0 Å². The third kappa shape index (κ3) is 2.77. The van der Waals surface area contributed by atoms with Crippen LogP contribution in [0.25, 0.3) is 10.9 Å². The van der Waals surface area contributed by atoms with Crippen LogP contribution >= 0.6 is 0 Å². The predicted molar refractivity (Wildman–Crippen MR) is 68.3 cm³/mol. The summed E-state index contributed by atoms with van der Waals surface area (Å²) in [6.45, 7) is 0. The molecule has 0 aliphatic heterocycles. The van der Waals surface area contributed by atoms with E-state index in [4.69, 9.17) is 0 Å². The summed E-state index contributed by atoms with van der Waals surface area (Å²) in [6.07, 6.45) is 2.77. The molecule has 1 N–H and O–H groups in total. The van der Waals surface area contributed by atoms with E-state index in [1.165, 1.54) is 7.11 Å². The number of hydrogen-bond acceptors (Lipinski definition) is 3. The van der Waals surface area contributed by atoms with Gasteiger partial charge in [-0.2, -0.15) is 0 Å². The molecule has 0 atom stereocenters. The number of carbonyl (C=O) groups is 2. The third-order valence-corrected chi connectivity index (χ3v) is 2.92. The molecule has 4 heteroatoms. The van der Waals surface area contributed by atoms with Crippen LogP contribution in [0, 0.1) is 0 Å². The van der Waals surface area contributed by atoms with Crippen LogP contribution in [-0.2, 0) is 20.7 Å². The summed E-state index contributed by atoms with van der Waals surface area (Å²) in [6, 6.07) is 7.95. The molecule has 1 aromatic carbocycles. The third-order valence-electron chi connectivity index (χ3n) is 2.92. The number of aromatic nitrogens is 1. The monoisotopic (exact) mass is 245 g/mol. The van der Waals surface area contributed by atoms with E-state index in [2.05, 4.69) is 9.72 Å². The number of aryl methyl sites for hydroxylation is 1. The van der Waals surface area contributed by atoms with Crippen molar-refractivity contribution in [3.8, 4) is 0 Å². The Morgan fingerprint density at radius 2 is 2.06 bits per heavy atom. The molecule has 0 fully saturated rings. The summed E-state index contributed by atoms with van der Waals surface area (Å²) in [7, 11) is 1.29. The van der Waals surface area contributed by atoms with Gasteiger partial charge in [0.1, 0.15) is 12.2 Å². The van der Waals surface area contributed by atoms with Gasteiger partial charge in [-0.3, -0.25) is 9.59 Å². The second-order valence-corrected chi connectivity index (χ2v) is 4.15. The van der Waals surface area contributed by atoms with Crippen LogP contribution in [0.2, 0.25) is 0 Å².